The van der Waals surface area contributed by atoms with Gasteiger partial charge in [-0.15, -0.1) is 0 Å². The normalized spacial score (nSPS) is 15.2. The average Bonchev–Trinajstić information content (AvgIpc) is 3.18. The largest absolute Gasteiger partial charge is 0.356 e. The Labute approximate surface area is 157 Å². The van der Waals surface area contributed by atoms with E-state index in [9.17, 15) is 9.18 Å². The van der Waals surface area contributed by atoms with Crippen molar-refractivity contribution in [3.8, 4) is 0 Å². The van der Waals surface area contributed by atoms with E-state index in [1.54, 1.807) is 24.5 Å². The first kappa shape index (κ1) is 17.5. The molecule has 7 heteroatoms. The third-order valence-electron chi connectivity index (χ3n) is 5.11. The number of rotatable bonds is 5. The van der Waals surface area contributed by atoms with E-state index in [1.807, 2.05) is 22.7 Å². The van der Waals surface area contributed by atoms with Crippen molar-refractivity contribution in [1.29, 1.82) is 0 Å². The second-order valence-corrected chi connectivity index (χ2v) is 6.80. The number of hydrogen-bond donors (Lipinski definition) is 1. The van der Waals surface area contributed by atoms with Crippen LogP contribution in [0.1, 0.15) is 18.4 Å². The van der Waals surface area contributed by atoms with Crippen LogP contribution in [0.25, 0.3) is 5.65 Å². The quantitative estimate of drug-likeness (QED) is 0.752. The van der Waals surface area contributed by atoms with Crippen LogP contribution >= 0.6 is 0 Å². The molecule has 0 aliphatic carbocycles. The van der Waals surface area contributed by atoms with E-state index in [1.165, 1.54) is 6.07 Å². The fourth-order valence-electron chi connectivity index (χ4n) is 3.60. The summed E-state index contributed by atoms with van der Waals surface area (Å²) in [5.41, 5.74) is 1.45. The van der Waals surface area contributed by atoms with Crippen LogP contribution in [0.3, 0.4) is 0 Å². The summed E-state index contributed by atoms with van der Waals surface area (Å²) in [4.78, 5) is 19.0. The molecular formula is C20H22FN5O. The minimum absolute atomic E-state index is 0.00294. The van der Waals surface area contributed by atoms with Crippen LogP contribution in [0.15, 0.2) is 48.8 Å². The summed E-state index contributed by atoms with van der Waals surface area (Å²) in [6.07, 6.45) is 5.61. The maximum atomic E-state index is 13.6. The highest BCUT2D eigenvalue weighted by atomic mass is 19.1. The number of anilines is 1. The number of amides is 1. The fourth-order valence-corrected chi connectivity index (χ4v) is 3.60. The Bertz CT molecular complexity index is 933. The zero-order chi connectivity index (χ0) is 18.6. The van der Waals surface area contributed by atoms with E-state index in [2.05, 4.69) is 20.3 Å². The summed E-state index contributed by atoms with van der Waals surface area (Å²) in [6.45, 7) is 2.05. The molecule has 1 fully saturated rings. The zero-order valence-corrected chi connectivity index (χ0v) is 15.0. The van der Waals surface area contributed by atoms with Gasteiger partial charge in [-0.25, -0.2) is 9.37 Å². The predicted molar refractivity (Wildman–Crippen MR) is 101 cm³/mol. The van der Waals surface area contributed by atoms with Gasteiger partial charge in [0.05, 0.1) is 6.20 Å². The first-order valence-corrected chi connectivity index (χ1v) is 9.27. The molecule has 140 valence electrons. The Morgan fingerprint density at radius 2 is 1.96 bits per heavy atom. The second-order valence-electron chi connectivity index (χ2n) is 6.80. The fraction of sp³-hybridized carbons (Fsp3) is 0.350. The molecule has 27 heavy (non-hydrogen) atoms. The molecule has 6 nitrogen and oxygen atoms in total. The van der Waals surface area contributed by atoms with Crippen LogP contribution in [0.5, 0.6) is 0 Å². The highest BCUT2D eigenvalue weighted by Gasteiger charge is 2.26. The number of nitrogens with zero attached hydrogens (tertiary/aromatic N) is 4. The maximum absolute atomic E-state index is 13.6. The molecule has 0 bridgehead atoms. The van der Waals surface area contributed by atoms with E-state index < -0.39 is 0 Å². The molecule has 3 heterocycles. The third-order valence-corrected chi connectivity index (χ3v) is 5.11. The van der Waals surface area contributed by atoms with Crippen molar-refractivity contribution in [3.05, 3.63) is 60.2 Å². The minimum atomic E-state index is -0.220. The summed E-state index contributed by atoms with van der Waals surface area (Å²) >= 11 is 0. The number of aromatic nitrogens is 3. The molecule has 1 N–H and O–H groups in total. The van der Waals surface area contributed by atoms with Crippen LogP contribution in [0.4, 0.5) is 10.2 Å². The van der Waals surface area contributed by atoms with Gasteiger partial charge in [0.25, 0.3) is 0 Å². The van der Waals surface area contributed by atoms with Gasteiger partial charge in [0.2, 0.25) is 5.91 Å². The molecule has 1 aliphatic rings. The van der Waals surface area contributed by atoms with Gasteiger partial charge < -0.3 is 10.2 Å². The van der Waals surface area contributed by atoms with Gasteiger partial charge in [-0.3, -0.25) is 4.79 Å². The summed E-state index contributed by atoms with van der Waals surface area (Å²) in [6, 6.07) is 10.5. The summed E-state index contributed by atoms with van der Waals surface area (Å²) in [5, 5.41) is 7.28. The molecule has 0 radical (unpaired) electrons. The Kier molecular flexibility index (Phi) is 5.00. The van der Waals surface area contributed by atoms with E-state index in [-0.39, 0.29) is 17.6 Å². The number of fused-ring (bicyclic) bond motifs is 1. The average molecular weight is 367 g/mol. The first-order valence-electron chi connectivity index (χ1n) is 9.27. The van der Waals surface area contributed by atoms with E-state index in [0.29, 0.717) is 18.5 Å². The minimum Gasteiger partial charge on any atom is -0.356 e. The lowest BCUT2D eigenvalue weighted by Crippen LogP contribution is -2.41. The Morgan fingerprint density at radius 3 is 2.78 bits per heavy atom. The molecule has 2 aromatic heterocycles. The number of benzene rings is 1. The van der Waals surface area contributed by atoms with Gasteiger partial charge in [0.1, 0.15) is 11.6 Å². The first-order chi connectivity index (χ1) is 13.2. The van der Waals surface area contributed by atoms with Crippen LogP contribution < -0.4 is 10.2 Å². The lowest BCUT2D eigenvalue weighted by Gasteiger charge is -2.32. The number of piperidine rings is 1. The lowest BCUT2D eigenvalue weighted by atomic mass is 9.96. The molecule has 0 unspecified atom stereocenters. The smallest absolute Gasteiger partial charge is 0.223 e. The number of carbonyl (C=O) groups excluding carboxylic acids is 1. The molecule has 0 saturated carbocycles. The van der Waals surface area contributed by atoms with Crippen LogP contribution in [0, 0.1) is 11.7 Å². The van der Waals surface area contributed by atoms with Gasteiger partial charge in [0, 0.05) is 37.8 Å². The van der Waals surface area contributed by atoms with Gasteiger partial charge in [-0.05, 0) is 37.0 Å². The monoisotopic (exact) mass is 367 g/mol. The molecule has 4 rings (SSSR count). The van der Waals surface area contributed by atoms with Crippen molar-refractivity contribution in [2.75, 3.05) is 24.5 Å². The van der Waals surface area contributed by atoms with Crippen molar-refractivity contribution in [3.63, 3.8) is 0 Å². The topological polar surface area (TPSA) is 62.5 Å². The van der Waals surface area contributed by atoms with E-state index in [0.717, 1.165) is 37.4 Å². The van der Waals surface area contributed by atoms with Crippen molar-refractivity contribution in [1.82, 2.24) is 19.9 Å². The third kappa shape index (κ3) is 3.77. The van der Waals surface area contributed by atoms with E-state index in [4.69, 9.17) is 0 Å². The number of carbonyl (C=O) groups is 1. The zero-order valence-electron chi connectivity index (χ0n) is 15.0. The molecule has 0 spiro atoms. The van der Waals surface area contributed by atoms with Gasteiger partial charge >= 0.3 is 0 Å². The Morgan fingerprint density at radius 1 is 1.15 bits per heavy atom. The van der Waals surface area contributed by atoms with Gasteiger partial charge in [-0.2, -0.15) is 9.61 Å². The highest BCUT2D eigenvalue weighted by molar-refractivity contribution is 5.79. The van der Waals surface area contributed by atoms with Crippen LogP contribution in [0.2, 0.25) is 0 Å². The number of hydrogen-bond acceptors (Lipinski definition) is 4. The lowest BCUT2D eigenvalue weighted by molar-refractivity contribution is -0.125. The molecule has 0 atom stereocenters. The SMILES string of the molecule is O=C(NCCc1ccccc1F)C1CCN(c2ccnc3ccnn23)CC1. The Hall–Kier alpha value is -2.96. The summed E-state index contributed by atoms with van der Waals surface area (Å²) in [5.74, 6) is 0.840. The summed E-state index contributed by atoms with van der Waals surface area (Å²) < 4.78 is 15.5. The Balaban J connectivity index is 1.29. The number of halogens is 1. The molecule has 1 amide bonds. The summed E-state index contributed by atoms with van der Waals surface area (Å²) in [7, 11) is 0. The van der Waals surface area contributed by atoms with Gasteiger partial charge in [-0.1, -0.05) is 18.2 Å². The van der Waals surface area contributed by atoms with E-state index >= 15 is 0 Å². The van der Waals surface area contributed by atoms with Crippen molar-refractivity contribution in [2.24, 2.45) is 5.92 Å². The molecule has 1 aliphatic heterocycles. The maximum Gasteiger partial charge on any atom is 0.223 e. The van der Waals surface area contributed by atoms with Gasteiger partial charge in [0.15, 0.2) is 5.65 Å². The molecule has 3 aromatic rings. The van der Waals surface area contributed by atoms with Crippen molar-refractivity contribution >= 4 is 17.4 Å². The highest BCUT2D eigenvalue weighted by Crippen LogP contribution is 2.23. The van der Waals surface area contributed by atoms with Crippen LogP contribution in [-0.4, -0.2) is 40.1 Å². The van der Waals surface area contributed by atoms with Crippen LogP contribution in [-0.2, 0) is 11.2 Å². The van der Waals surface area contributed by atoms with Crippen molar-refractivity contribution in [2.45, 2.75) is 19.3 Å². The standard InChI is InChI=1S/C20H22FN5O/c21-17-4-2-1-3-15(17)5-10-23-20(27)16-8-13-25(14-9-16)19-7-11-22-18-6-12-24-26(18)19/h1-4,6-7,11-12,16H,5,8-10,13-14H2,(H,23,27). The molecular weight excluding hydrogens is 345 g/mol. The molecule has 1 saturated heterocycles. The second kappa shape index (κ2) is 7.73. The molecule has 1 aromatic carbocycles. The number of nitrogens with one attached hydrogen (secondary N) is 1. The predicted octanol–water partition coefficient (Wildman–Crippen LogP) is 2.44. The van der Waals surface area contributed by atoms with Crippen molar-refractivity contribution < 1.29 is 9.18 Å².